The number of nitrogens with zero attached hydrogens (tertiary/aromatic N) is 3. The van der Waals surface area contributed by atoms with Crippen LogP contribution >= 0.6 is 0 Å². The molecule has 0 aliphatic rings. The van der Waals surface area contributed by atoms with Gasteiger partial charge in [0.15, 0.2) is 0 Å². The second kappa shape index (κ2) is 12.8. The van der Waals surface area contributed by atoms with Crippen molar-refractivity contribution in [2.75, 3.05) is 14.2 Å². The minimum atomic E-state index is -0.934. The predicted molar refractivity (Wildman–Crippen MR) is 149 cm³/mol. The van der Waals surface area contributed by atoms with Gasteiger partial charge in [-0.15, -0.1) is 0 Å². The number of hydrogen-bond acceptors (Lipinski definition) is 11. The predicted octanol–water partition coefficient (Wildman–Crippen LogP) is 1.81. The van der Waals surface area contributed by atoms with Crippen LogP contribution in [0.1, 0.15) is 66.9 Å². The molecule has 0 aliphatic carbocycles. The fraction of sp³-hybridized carbons (Fsp3) is 0.214. The molecule has 2 N–H and O–H groups in total. The summed E-state index contributed by atoms with van der Waals surface area (Å²) in [6, 6.07) is 11.7. The van der Waals surface area contributed by atoms with Crippen LogP contribution in [0.2, 0.25) is 0 Å². The van der Waals surface area contributed by atoms with E-state index in [4.69, 9.17) is 19.1 Å². The van der Waals surface area contributed by atoms with Crippen molar-refractivity contribution in [3.8, 4) is 11.5 Å². The van der Waals surface area contributed by atoms with E-state index in [9.17, 15) is 33.7 Å². The van der Waals surface area contributed by atoms with Crippen LogP contribution in [0.4, 0.5) is 0 Å². The Morgan fingerprint density at radius 2 is 1.00 bits per heavy atom. The topological polar surface area (TPSA) is 201 Å². The molecule has 16 heteroatoms. The van der Waals surface area contributed by atoms with E-state index < -0.39 is 48.0 Å². The lowest BCUT2D eigenvalue weighted by Gasteiger charge is -2.07. The molecule has 0 amide bonds. The number of rotatable bonds is 12. The van der Waals surface area contributed by atoms with Crippen molar-refractivity contribution in [3.05, 3.63) is 108 Å². The first-order chi connectivity index (χ1) is 21.0. The maximum absolute atomic E-state index is 13.3. The van der Waals surface area contributed by atoms with E-state index in [-0.39, 0.29) is 39.0 Å². The Labute approximate surface area is 247 Å². The van der Waals surface area contributed by atoms with Crippen molar-refractivity contribution in [1.29, 1.82) is 0 Å². The van der Waals surface area contributed by atoms with Gasteiger partial charge in [0.25, 0.3) is 0 Å². The van der Waals surface area contributed by atoms with Gasteiger partial charge < -0.3 is 19.4 Å². The number of ether oxygens (including phenoxy) is 2. The number of benzene rings is 2. The summed E-state index contributed by atoms with van der Waals surface area (Å²) in [6.07, 6.45) is 0. The van der Waals surface area contributed by atoms with Crippen LogP contribution in [0, 0.1) is 4.91 Å². The first kappa shape index (κ1) is 30.9. The molecule has 2 aromatic heterocycles. The van der Waals surface area contributed by atoms with Gasteiger partial charge >= 0.3 is 16.5 Å². The van der Waals surface area contributed by atoms with Gasteiger partial charge in [-0.2, -0.15) is 9.68 Å². The third-order valence-electron chi connectivity index (χ3n) is 6.33. The molecule has 0 saturated heterocycles. The highest BCUT2D eigenvalue weighted by Crippen LogP contribution is 2.19. The summed E-state index contributed by atoms with van der Waals surface area (Å²) >= 11 is 0. The van der Waals surface area contributed by atoms with Gasteiger partial charge in [0.2, 0.25) is 36.6 Å². The molecular weight excluding hydrogens is 582 g/mol. The maximum Gasteiger partial charge on any atom is 0.478 e. The molecule has 0 spiro atoms. The van der Waals surface area contributed by atoms with E-state index >= 15 is 0 Å². The van der Waals surface area contributed by atoms with Crippen LogP contribution in [-0.4, -0.2) is 61.8 Å². The molecule has 0 unspecified atom stereocenters. The minimum absolute atomic E-state index is 0.115. The van der Waals surface area contributed by atoms with Gasteiger partial charge in [0.1, 0.15) is 27.8 Å². The van der Waals surface area contributed by atoms with Crippen molar-refractivity contribution in [2.24, 2.45) is 0 Å². The number of aromatic nitrogens is 4. The molecular formula is C28H26N5O11+. The minimum Gasteiger partial charge on any atom is -0.497 e. The second-order valence-electron chi connectivity index (χ2n) is 9.11. The standard InChI is InChI=1S/C28H25N5O11/c1-15(34)31-23(25(36)17-5-9-19(41-3)10-6-17)21(29-27(31)38)13-43-33(40)44-14-22-24(32(16(2)35)28(39)30-22)26(37)18-7-11-20(42-4)12-8-18/h5-12H,13-14H2,1-4H3,(H-,29,30,36,37,38,39)/p+1. The summed E-state index contributed by atoms with van der Waals surface area (Å²) in [7, 11) is 2.89. The quantitative estimate of drug-likeness (QED) is 0.175. The van der Waals surface area contributed by atoms with Gasteiger partial charge in [0.05, 0.1) is 25.6 Å². The highest BCUT2D eigenvalue weighted by atomic mass is 17.0. The zero-order valence-corrected chi connectivity index (χ0v) is 23.9. The van der Waals surface area contributed by atoms with Crippen molar-refractivity contribution < 1.29 is 43.4 Å². The largest absolute Gasteiger partial charge is 0.497 e. The molecule has 0 bridgehead atoms. The number of hydrogen-bond donors (Lipinski definition) is 2. The fourth-order valence-corrected chi connectivity index (χ4v) is 4.28. The molecule has 0 saturated carbocycles. The molecule has 4 aromatic rings. The molecule has 2 heterocycles. The number of ketones is 2. The van der Waals surface area contributed by atoms with Crippen molar-refractivity contribution in [1.82, 2.24) is 19.1 Å². The lowest BCUT2D eigenvalue weighted by atomic mass is 10.1. The number of carbonyl (C=O) groups is 4. The molecule has 4 rings (SSSR count). The monoisotopic (exact) mass is 608 g/mol. The highest BCUT2D eigenvalue weighted by molar-refractivity contribution is 6.11. The van der Waals surface area contributed by atoms with Crippen molar-refractivity contribution in [3.63, 3.8) is 0 Å². The number of nitrogens with one attached hydrogen (secondary N) is 2. The first-order valence-electron chi connectivity index (χ1n) is 12.8. The van der Waals surface area contributed by atoms with Gasteiger partial charge in [0, 0.05) is 25.0 Å². The molecule has 0 fully saturated rings. The molecule has 2 aromatic carbocycles. The van der Waals surface area contributed by atoms with E-state index in [1.807, 2.05) is 0 Å². The fourth-order valence-electron chi connectivity index (χ4n) is 4.28. The lowest BCUT2D eigenvalue weighted by Crippen LogP contribution is -2.26. The summed E-state index contributed by atoms with van der Waals surface area (Å²) in [5.41, 5.74) is -2.78. The summed E-state index contributed by atoms with van der Waals surface area (Å²) in [6.45, 7) is 0.705. The zero-order chi connectivity index (χ0) is 32.1. The Balaban J connectivity index is 1.54. The Bertz CT molecular complexity index is 1740. The van der Waals surface area contributed by atoms with E-state index in [0.717, 1.165) is 13.8 Å². The van der Waals surface area contributed by atoms with Gasteiger partial charge in [-0.3, -0.25) is 19.2 Å². The summed E-state index contributed by atoms with van der Waals surface area (Å²) in [5.74, 6) is -2.03. The molecule has 0 radical (unpaired) electrons. The number of imidazole rings is 2. The van der Waals surface area contributed by atoms with Crippen LogP contribution in [0.3, 0.4) is 0 Å². The first-order valence-corrected chi connectivity index (χ1v) is 12.8. The Morgan fingerprint density at radius 3 is 1.30 bits per heavy atom. The van der Waals surface area contributed by atoms with E-state index in [1.165, 1.54) is 62.8 Å². The molecule has 0 atom stereocenters. The van der Waals surface area contributed by atoms with Crippen molar-refractivity contribution >= 4 is 23.4 Å². The molecule has 16 nitrogen and oxygen atoms in total. The smallest absolute Gasteiger partial charge is 0.478 e. The highest BCUT2D eigenvalue weighted by Gasteiger charge is 2.29. The number of carbonyl (C=O) groups excluding carboxylic acids is 4. The van der Waals surface area contributed by atoms with Crippen LogP contribution in [0.15, 0.2) is 58.1 Å². The Morgan fingerprint density at radius 1 is 0.659 bits per heavy atom. The summed E-state index contributed by atoms with van der Waals surface area (Å²) in [4.78, 5) is 103. The van der Waals surface area contributed by atoms with E-state index in [2.05, 4.69) is 9.97 Å². The average molecular weight is 609 g/mol. The average Bonchev–Trinajstić information content (AvgIpc) is 3.54. The summed E-state index contributed by atoms with van der Waals surface area (Å²) < 4.78 is 11.4. The number of methoxy groups -OCH3 is 2. The lowest BCUT2D eigenvalue weighted by molar-refractivity contribution is -0.987. The van der Waals surface area contributed by atoms with Gasteiger partial charge in [-0.25, -0.2) is 18.7 Å². The van der Waals surface area contributed by atoms with Crippen LogP contribution in [0.5, 0.6) is 11.5 Å². The molecule has 0 aliphatic heterocycles. The molecule has 228 valence electrons. The van der Waals surface area contributed by atoms with Gasteiger partial charge in [-0.05, 0) is 48.5 Å². The maximum atomic E-state index is 13.3. The van der Waals surface area contributed by atoms with E-state index in [0.29, 0.717) is 20.6 Å². The van der Waals surface area contributed by atoms with E-state index in [1.54, 1.807) is 0 Å². The number of H-pyrrole nitrogens is 2. The third-order valence-corrected chi connectivity index (χ3v) is 6.33. The second-order valence-corrected chi connectivity index (χ2v) is 9.11. The Kier molecular flexibility index (Phi) is 9.02. The zero-order valence-electron chi connectivity index (χ0n) is 23.9. The van der Waals surface area contributed by atoms with Gasteiger partial charge in [-0.1, -0.05) is 0 Å². The van der Waals surface area contributed by atoms with Crippen LogP contribution in [0.25, 0.3) is 0 Å². The molecule has 44 heavy (non-hydrogen) atoms. The normalized spacial score (nSPS) is 10.6. The number of aromatic amines is 2. The Hall–Kier alpha value is -6.06. The van der Waals surface area contributed by atoms with Crippen LogP contribution in [-0.2, 0) is 22.9 Å². The summed E-state index contributed by atoms with van der Waals surface area (Å²) in [5, 5.41) is -0.379. The SMILES string of the molecule is COc1ccc(C(=O)c2c(CO[N+](=O)OCc3[nH]c(=O)n(C(C)=O)c3C(=O)c3ccc(OC)cc3)[nH]c(=O)n2C(C)=O)cc1. The third kappa shape index (κ3) is 6.23. The van der Waals surface area contributed by atoms with Crippen molar-refractivity contribution in [2.45, 2.75) is 27.1 Å². The van der Waals surface area contributed by atoms with Crippen LogP contribution < -0.4 is 20.9 Å².